The largest absolute Gasteiger partial charge is 0.366 e. The van der Waals surface area contributed by atoms with E-state index in [1.807, 2.05) is 25.1 Å². The van der Waals surface area contributed by atoms with Gasteiger partial charge in [-0.25, -0.2) is 9.97 Å². The lowest BCUT2D eigenvalue weighted by Gasteiger charge is -2.08. The number of benzene rings is 1. The van der Waals surface area contributed by atoms with Gasteiger partial charge in [-0.2, -0.15) is 5.26 Å². The first-order chi connectivity index (χ1) is 10.2. The molecular weight excluding hydrogens is 266 g/mol. The van der Waals surface area contributed by atoms with E-state index in [1.54, 1.807) is 12.1 Å². The molecule has 0 fully saturated rings. The number of amides is 1. The average Bonchev–Trinajstić information content (AvgIpc) is 2.52. The van der Waals surface area contributed by atoms with Crippen molar-refractivity contribution in [3.63, 3.8) is 0 Å². The van der Waals surface area contributed by atoms with Gasteiger partial charge in [0.15, 0.2) is 11.5 Å². The number of hydrogen-bond donors (Lipinski definition) is 2. The highest BCUT2D eigenvalue weighted by atomic mass is 16.1. The van der Waals surface area contributed by atoms with Crippen molar-refractivity contribution in [1.82, 2.24) is 15.3 Å². The number of carbonyl (C=O) groups excluding carboxylic acids is 1. The molecule has 0 aliphatic rings. The summed E-state index contributed by atoms with van der Waals surface area (Å²) in [5, 5.41) is 14.6. The van der Waals surface area contributed by atoms with Gasteiger partial charge in [0, 0.05) is 31.0 Å². The molecule has 2 N–H and O–H groups in total. The Morgan fingerprint density at radius 2 is 1.90 bits per heavy atom. The molecule has 21 heavy (non-hydrogen) atoms. The first-order valence-electron chi connectivity index (χ1n) is 6.50. The summed E-state index contributed by atoms with van der Waals surface area (Å²) in [5.74, 6) is 0.293. The highest BCUT2D eigenvalue weighted by Gasteiger charge is 2.05. The molecule has 0 aliphatic heterocycles. The summed E-state index contributed by atoms with van der Waals surface area (Å²) in [5.41, 5.74) is 1.97. The summed E-state index contributed by atoms with van der Waals surface area (Å²) < 4.78 is 0. The van der Waals surface area contributed by atoms with Crippen LogP contribution in [0.2, 0.25) is 0 Å². The van der Waals surface area contributed by atoms with E-state index in [0.29, 0.717) is 24.5 Å². The van der Waals surface area contributed by atoms with Crippen LogP contribution in [0.5, 0.6) is 0 Å². The van der Waals surface area contributed by atoms with E-state index in [0.717, 1.165) is 5.56 Å². The zero-order valence-corrected chi connectivity index (χ0v) is 11.6. The summed E-state index contributed by atoms with van der Waals surface area (Å²) in [6.45, 7) is 2.86. The third kappa shape index (κ3) is 4.01. The van der Waals surface area contributed by atoms with Crippen molar-refractivity contribution < 1.29 is 4.79 Å². The molecule has 0 unspecified atom stereocenters. The first-order valence-corrected chi connectivity index (χ1v) is 6.50. The normalized spacial score (nSPS) is 9.71. The van der Waals surface area contributed by atoms with Gasteiger partial charge < -0.3 is 10.6 Å². The molecule has 1 aromatic heterocycles. The minimum atomic E-state index is -0.128. The summed E-state index contributed by atoms with van der Waals surface area (Å²) in [7, 11) is 0. The lowest BCUT2D eigenvalue weighted by atomic mass is 10.1. The highest BCUT2D eigenvalue weighted by Crippen LogP contribution is 2.05. The molecule has 0 saturated carbocycles. The van der Waals surface area contributed by atoms with Crippen molar-refractivity contribution in [2.24, 2.45) is 0 Å². The number of rotatable bonds is 5. The Morgan fingerprint density at radius 3 is 2.62 bits per heavy atom. The minimum absolute atomic E-state index is 0.128. The second-order valence-corrected chi connectivity index (χ2v) is 4.41. The van der Waals surface area contributed by atoms with Crippen LogP contribution in [-0.4, -0.2) is 29.0 Å². The molecule has 6 nitrogen and oxygen atoms in total. The second kappa shape index (κ2) is 7.01. The van der Waals surface area contributed by atoms with Gasteiger partial charge in [0.05, 0.1) is 0 Å². The number of hydrogen-bond acceptors (Lipinski definition) is 5. The summed E-state index contributed by atoms with van der Waals surface area (Å²) in [4.78, 5) is 19.8. The predicted molar refractivity (Wildman–Crippen MR) is 78.7 cm³/mol. The van der Waals surface area contributed by atoms with E-state index in [4.69, 9.17) is 5.26 Å². The van der Waals surface area contributed by atoms with E-state index in [1.165, 1.54) is 12.4 Å². The molecule has 0 spiro atoms. The van der Waals surface area contributed by atoms with Crippen molar-refractivity contribution in [3.05, 3.63) is 53.5 Å². The Hall–Kier alpha value is -2.94. The number of anilines is 1. The quantitative estimate of drug-likeness (QED) is 0.810. The SMILES string of the molecule is Cc1ccc(C(=O)NCCNc2nccnc2C#N)cc1. The molecule has 0 aliphatic carbocycles. The number of aryl methyl sites for hydroxylation is 1. The molecule has 2 rings (SSSR count). The van der Waals surface area contributed by atoms with Crippen LogP contribution in [0.25, 0.3) is 0 Å². The van der Waals surface area contributed by atoms with Crippen LogP contribution < -0.4 is 10.6 Å². The Balaban J connectivity index is 1.81. The van der Waals surface area contributed by atoms with Crippen molar-refractivity contribution in [1.29, 1.82) is 5.26 Å². The van der Waals surface area contributed by atoms with Crippen molar-refractivity contribution >= 4 is 11.7 Å². The fourth-order valence-electron chi connectivity index (χ4n) is 1.71. The lowest BCUT2D eigenvalue weighted by molar-refractivity contribution is 0.0955. The van der Waals surface area contributed by atoms with Crippen LogP contribution in [0.1, 0.15) is 21.6 Å². The molecule has 2 aromatic rings. The van der Waals surface area contributed by atoms with Gasteiger partial charge >= 0.3 is 0 Å². The highest BCUT2D eigenvalue weighted by molar-refractivity contribution is 5.94. The van der Waals surface area contributed by atoms with Gasteiger partial charge in [-0.15, -0.1) is 0 Å². The second-order valence-electron chi connectivity index (χ2n) is 4.41. The van der Waals surface area contributed by atoms with Crippen molar-refractivity contribution in [2.75, 3.05) is 18.4 Å². The number of nitriles is 1. The maximum absolute atomic E-state index is 11.9. The van der Waals surface area contributed by atoms with E-state index < -0.39 is 0 Å². The molecule has 0 atom stereocenters. The van der Waals surface area contributed by atoms with Gasteiger partial charge in [0.2, 0.25) is 0 Å². The van der Waals surface area contributed by atoms with E-state index in [9.17, 15) is 4.79 Å². The van der Waals surface area contributed by atoms with Gasteiger partial charge in [-0.1, -0.05) is 17.7 Å². The fourth-order valence-corrected chi connectivity index (χ4v) is 1.71. The summed E-state index contributed by atoms with van der Waals surface area (Å²) in [6, 6.07) is 9.31. The molecule has 0 bridgehead atoms. The maximum atomic E-state index is 11.9. The Morgan fingerprint density at radius 1 is 1.19 bits per heavy atom. The molecule has 0 saturated heterocycles. The topological polar surface area (TPSA) is 90.7 Å². The van der Waals surface area contributed by atoms with E-state index in [-0.39, 0.29) is 11.6 Å². The zero-order chi connectivity index (χ0) is 15.1. The number of nitrogens with one attached hydrogen (secondary N) is 2. The first kappa shape index (κ1) is 14.5. The molecule has 106 valence electrons. The molecule has 1 heterocycles. The average molecular weight is 281 g/mol. The van der Waals surface area contributed by atoms with E-state index in [2.05, 4.69) is 20.6 Å². The van der Waals surface area contributed by atoms with Gasteiger partial charge in [0.25, 0.3) is 5.91 Å². The maximum Gasteiger partial charge on any atom is 0.251 e. The van der Waals surface area contributed by atoms with Crippen LogP contribution in [-0.2, 0) is 0 Å². The smallest absolute Gasteiger partial charge is 0.251 e. The van der Waals surface area contributed by atoms with Gasteiger partial charge in [0.1, 0.15) is 6.07 Å². The Labute approximate surface area is 122 Å². The third-order valence-corrected chi connectivity index (χ3v) is 2.82. The molecule has 1 aromatic carbocycles. The Kier molecular flexibility index (Phi) is 4.83. The monoisotopic (exact) mass is 281 g/mol. The van der Waals surface area contributed by atoms with Crippen LogP contribution in [0.3, 0.4) is 0 Å². The van der Waals surface area contributed by atoms with Crippen LogP contribution in [0.4, 0.5) is 5.82 Å². The molecular formula is C15H15N5O. The standard InChI is InChI=1S/C15H15N5O/c1-11-2-4-12(5-3-11)15(21)20-9-8-19-14-13(10-16)17-6-7-18-14/h2-7H,8-9H2,1H3,(H,18,19)(H,20,21). The Bertz CT molecular complexity index is 661. The summed E-state index contributed by atoms with van der Waals surface area (Å²) in [6.07, 6.45) is 2.97. The van der Waals surface area contributed by atoms with Crippen molar-refractivity contribution in [2.45, 2.75) is 6.92 Å². The molecule has 6 heteroatoms. The third-order valence-electron chi connectivity index (χ3n) is 2.82. The van der Waals surface area contributed by atoms with Crippen molar-refractivity contribution in [3.8, 4) is 6.07 Å². The number of nitrogens with zero attached hydrogens (tertiary/aromatic N) is 3. The van der Waals surface area contributed by atoms with E-state index >= 15 is 0 Å². The van der Waals surface area contributed by atoms with Crippen LogP contribution in [0.15, 0.2) is 36.7 Å². The van der Waals surface area contributed by atoms with Gasteiger partial charge in [-0.05, 0) is 19.1 Å². The molecule has 1 amide bonds. The number of carbonyl (C=O) groups is 1. The van der Waals surface area contributed by atoms with Crippen LogP contribution >= 0.6 is 0 Å². The van der Waals surface area contributed by atoms with Gasteiger partial charge in [-0.3, -0.25) is 4.79 Å². The number of aromatic nitrogens is 2. The molecule has 0 radical (unpaired) electrons. The van der Waals surface area contributed by atoms with Crippen LogP contribution in [0, 0.1) is 18.3 Å². The summed E-state index contributed by atoms with van der Waals surface area (Å²) >= 11 is 0. The predicted octanol–water partition coefficient (Wildman–Crippen LogP) is 1.50. The minimum Gasteiger partial charge on any atom is -0.366 e. The zero-order valence-electron chi connectivity index (χ0n) is 11.6. The fraction of sp³-hybridized carbons (Fsp3) is 0.200. The lowest BCUT2D eigenvalue weighted by Crippen LogP contribution is -2.29.